The summed E-state index contributed by atoms with van der Waals surface area (Å²) in [6.07, 6.45) is 3.01. The summed E-state index contributed by atoms with van der Waals surface area (Å²) in [5, 5.41) is 3.18. The fraction of sp³-hybridized carbons (Fsp3) is 0.429. The van der Waals surface area contributed by atoms with Crippen LogP contribution >= 0.6 is 0 Å². The van der Waals surface area contributed by atoms with E-state index >= 15 is 0 Å². The molecule has 2 heteroatoms. The number of anilines is 1. The number of nitrogens with one attached hydrogen (secondary N) is 1. The van der Waals surface area contributed by atoms with Crippen LogP contribution in [0.3, 0.4) is 0 Å². The lowest BCUT2D eigenvalue weighted by Gasteiger charge is -2.16. The lowest BCUT2D eigenvalue weighted by molar-refractivity contribution is 0.419. The normalized spacial score (nSPS) is 12.6. The van der Waals surface area contributed by atoms with Gasteiger partial charge in [0.15, 0.2) is 0 Å². The SMILES string of the molecule is Cc1ccc(N/C(N)=C\CC(C)(C)C)cc1. The predicted octanol–water partition coefficient (Wildman–Crippen LogP) is 3.64. The van der Waals surface area contributed by atoms with E-state index in [4.69, 9.17) is 5.73 Å². The average Bonchev–Trinajstić information content (AvgIpc) is 2.18. The third-order valence-corrected chi connectivity index (χ3v) is 2.27. The predicted molar refractivity (Wildman–Crippen MR) is 71.1 cm³/mol. The van der Waals surface area contributed by atoms with Crippen molar-refractivity contribution in [3.63, 3.8) is 0 Å². The number of aryl methyl sites for hydroxylation is 1. The van der Waals surface area contributed by atoms with E-state index in [-0.39, 0.29) is 5.41 Å². The molecule has 1 aromatic rings. The summed E-state index contributed by atoms with van der Waals surface area (Å²) in [7, 11) is 0. The highest BCUT2D eigenvalue weighted by Gasteiger charge is 2.07. The molecule has 88 valence electrons. The van der Waals surface area contributed by atoms with Gasteiger partial charge in [-0.1, -0.05) is 38.5 Å². The van der Waals surface area contributed by atoms with Crippen LogP contribution in [0.2, 0.25) is 0 Å². The highest BCUT2D eigenvalue weighted by molar-refractivity contribution is 5.48. The second-order valence-corrected chi connectivity index (χ2v) is 5.42. The van der Waals surface area contributed by atoms with Gasteiger partial charge in [-0.25, -0.2) is 0 Å². The Bertz CT molecular complexity index is 355. The van der Waals surface area contributed by atoms with Crippen molar-refractivity contribution < 1.29 is 0 Å². The average molecular weight is 218 g/mol. The van der Waals surface area contributed by atoms with Gasteiger partial charge < -0.3 is 11.1 Å². The van der Waals surface area contributed by atoms with Crippen LogP contribution < -0.4 is 11.1 Å². The maximum Gasteiger partial charge on any atom is 0.0963 e. The second kappa shape index (κ2) is 5.06. The Morgan fingerprint density at radius 3 is 2.31 bits per heavy atom. The Hall–Kier alpha value is -1.44. The number of hydrogen-bond acceptors (Lipinski definition) is 2. The van der Waals surface area contributed by atoms with Crippen LogP contribution in [0, 0.1) is 12.3 Å². The molecule has 0 heterocycles. The van der Waals surface area contributed by atoms with E-state index in [2.05, 4.69) is 45.1 Å². The Balaban J connectivity index is 2.57. The smallest absolute Gasteiger partial charge is 0.0963 e. The first-order valence-electron chi connectivity index (χ1n) is 5.66. The zero-order valence-corrected chi connectivity index (χ0v) is 10.7. The third-order valence-electron chi connectivity index (χ3n) is 2.27. The number of nitrogens with two attached hydrogens (primary N) is 1. The zero-order chi connectivity index (χ0) is 12.2. The van der Waals surface area contributed by atoms with Gasteiger partial charge in [-0.2, -0.15) is 0 Å². The molecule has 0 spiro atoms. The molecular formula is C14H22N2. The molecule has 0 aliphatic rings. The minimum atomic E-state index is 0.277. The minimum Gasteiger partial charge on any atom is -0.386 e. The highest BCUT2D eigenvalue weighted by atomic mass is 15.0. The lowest BCUT2D eigenvalue weighted by Crippen LogP contribution is -2.11. The first-order chi connectivity index (χ1) is 7.37. The number of hydrogen-bond donors (Lipinski definition) is 2. The maximum atomic E-state index is 5.90. The van der Waals surface area contributed by atoms with Crippen molar-refractivity contribution in [1.29, 1.82) is 0 Å². The van der Waals surface area contributed by atoms with E-state index in [0.717, 1.165) is 17.9 Å². The summed E-state index contributed by atoms with van der Waals surface area (Å²) in [6, 6.07) is 8.21. The Morgan fingerprint density at radius 2 is 1.81 bits per heavy atom. The molecule has 0 aromatic heterocycles. The Labute approximate surface area is 98.6 Å². The van der Waals surface area contributed by atoms with Crippen molar-refractivity contribution in [3.8, 4) is 0 Å². The van der Waals surface area contributed by atoms with E-state index in [9.17, 15) is 0 Å². The molecule has 2 nitrogen and oxygen atoms in total. The van der Waals surface area contributed by atoms with Gasteiger partial charge in [0.1, 0.15) is 0 Å². The number of rotatable bonds is 3. The van der Waals surface area contributed by atoms with Gasteiger partial charge in [0, 0.05) is 5.69 Å². The summed E-state index contributed by atoms with van der Waals surface area (Å²) in [4.78, 5) is 0. The molecule has 16 heavy (non-hydrogen) atoms. The fourth-order valence-corrected chi connectivity index (χ4v) is 1.27. The van der Waals surface area contributed by atoms with Crippen LogP contribution in [0.1, 0.15) is 32.8 Å². The van der Waals surface area contributed by atoms with E-state index in [1.165, 1.54) is 5.56 Å². The van der Waals surface area contributed by atoms with Crippen LogP contribution in [-0.4, -0.2) is 0 Å². The first-order valence-corrected chi connectivity index (χ1v) is 5.66. The van der Waals surface area contributed by atoms with Crippen molar-refractivity contribution >= 4 is 5.69 Å². The van der Waals surface area contributed by atoms with Crippen molar-refractivity contribution in [2.24, 2.45) is 11.1 Å². The fourth-order valence-electron chi connectivity index (χ4n) is 1.27. The van der Waals surface area contributed by atoms with Gasteiger partial charge in [0.2, 0.25) is 0 Å². The van der Waals surface area contributed by atoms with Crippen LogP contribution in [0.5, 0.6) is 0 Å². The quantitative estimate of drug-likeness (QED) is 0.812. The molecule has 3 N–H and O–H groups in total. The molecule has 0 aliphatic heterocycles. The lowest BCUT2D eigenvalue weighted by atomic mass is 9.92. The van der Waals surface area contributed by atoms with Gasteiger partial charge in [-0.05, 0) is 37.0 Å². The summed E-state index contributed by atoms with van der Waals surface area (Å²) < 4.78 is 0. The maximum absolute atomic E-state index is 5.90. The Morgan fingerprint density at radius 1 is 1.25 bits per heavy atom. The number of allylic oxidation sites excluding steroid dienone is 1. The van der Waals surface area contributed by atoms with Crippen LogP contribution in [0.25, 0.3) is 0 Å². The molecule has 0 saturated heterocycles. The summed E-state index contributed by atoms with van der Waals surface area (Å²) in [5.74, 6) is 0.721. The van der Waals surface area contributed by atoms with E-state index in [0.29, 0.717) is 0 Å². The minimum absolute atomic E-state index is 0.277. The Kier molecular flexibility index (Phi) is 3.99. The van der Waals surface area contributed by atoms with Crippen LogP contribution in [0.15, 0.2) is 36.2 Å². The highest BCUT2D eigenvalue weighted by Crippen LogP contribution is 2.19. The van der Waals surface area contributed by atoms with Crippen molar-refractivity contribution in [1.82, 2.24) is 0 Å². The molecule has 1 rings (SSSR count). The summed E-state index contributed by atoms with van der Waals surface area (Å²) in [6.45, 7) is 8.66. The van der Waals surface area contributed by atoms with Crippen LogP contribution in [0.4, 0.5) is 5.69 Å². The standard InChI is InChI=1S/C14H22N2/c1-11-5-7-12(8-6-11)16-13(15)9-10-14(2,3)4/h5-9,16H,10,15H2,1-4H3/b13-9-. The first kappa shape index (κ1) is 12.6. The largest absolute Gasteiger partial charge is 0.386 e. The molecule has 0 unspecified atom stereocenters. The molecule has 0 bridgehead atoms. The molecule has 0 atom stereocenters. The third kappa shape index (κ3) is 4.87. The van der Waals surface area contributed by atoms with Crippen molar-refractivity contribution in [2.45, 2.75) is 34.1 Å². The molecule has 0 fully saturated rings. The second-order valence-electron chi connectivity index (χ2n) is 5.42. The van der Waals surface area contributed by atoms with E-state index in [1.807, 2.05) is 18.2 Å². The molecule has 0 aliphatic carbocycles. The van der Waals surface area contributed by atoms with Crippen molar-refractivity contribution in [2.75, 3.05) is 5.32 Å². The van der Waals surface area contributed by atoms with Gasteiger partial charge in [0.05, 0.1) is 5.82 Å². The molecule has 1 aromatic carbocycles. The van der Waals surface area contributed by atoms with Gasteiger partial charge >= 0.3 is 0 Å². The topological polar surface area (TPSA) is 38.0 Å². The van der Waals surface area contributed by atoms with Gasteiger partial charge in [0.25, 0.3) is 0 Å². The molecule has 0 saturated carbocycles. The van der Waals surface area contributed by atoms with E-state index < -0.39 is 0 Å². The van der Waals surface area contributed by atoms with Gasteiger partial charge in [-0.15, -0.1) is 0 Å². The molecule has 0 radical (unpaired) electrons. The molecule has 0 amide bonds. The molecular weight excluding hydrogens is 196 g/mol. The summed E-state index contributed by atoms with van der Waals surface area (Å²) >= 11 is 0. The summed E-state index contributed by atoms with van der Waals surface area (Å²) in [5.41, 5.74) is 8.47. The van der Waals surface area contributed by atoms with Crippen LogP contribution in [-0.2, 0) is 0 Å². The number of benzene rings is 1. The van der Waals surface area contributed by atoms with E-state index in [1.54, 1.807) is 0 Å². The van der Waals surface area contributed by atoms with Crippen molar-refractivity contribution in [3.05, 3.63) is 41.7 Å². The monoisotopic (exact) mass is 218 g/mol. The zero-order valence-electron chi connectivity index (χ0n) is 10.7. The van der Waals surface area contributed by atoms with Gasteiger partial charge in [-0.3, -0.25) is 0 Å².